The highest BCUT2D eigenvalue weighted by atomic mass is 16.5. The van der Waals surface area contributed by atoms with Crippen LogP contribution in [0.2, 0.25) is 0 Å². The predicted octanol–water partition coefficient (Wildman–Crippen LogP) is -1.31. The molecule has 1 radical (unpaired) electrons. The molecule has 0 aliphatic carbocycles. The molecule has 0 saturated heterocycles. The first-order chi connectivity index (χ1) is 2.89. The van der Waals surface area contributed by atoms with Crippen molar-refractivity contribution in [3.05, 3.63) is 17.5 Å². The summed E-state index contributed by atoms with van der Waals surface area (Å²) in [4.78, 5) is 0. The van der Waals surface area contributed by atoms with Crippen LogP contribution < -0.4 is 5.17 Å². The van der Waals surface area contributed by atoms with E-state index in [1.165, 1.54) is 12.4 Å². The Morgan fingerprint density at radius 2 is 2.67 bits per heavy atom. The van der Waals surface area contributed by atoms with Crippen LogP contribution in [0.25, 0.3) is 0 Å². The van der Waals surface area contributed by atoms with Crippen LogP contribution in [0.1, 0.15) is 0 Å². The molecule has 1 aliphatic heterocycles. The van der Waals surface area contributed by atoms with Crippen LogP contribution in [0.5, 0.6) is 0 Å². The van der Waals surface area contributed by atoms with E-state index in [4.69, 9.17) is 0 Å². The van der Waals surface area contributed by atoms with Gasteiger partial charge in [0.15, 0.2) is 0 Å². The number of nitrogens with one attached hydrogen (secondary N) is 1. The number of hydrogen-bond donors (Lipinski definition) is 1. The second kappa shape index (κ2) is 1.20. The van der Waals surface area contributed by atoms with Crippen molar-refractivity contribution in [3.8, 4) is 0 Å². The van der Waals surface area contributed by atoms with E-state index < -0.39 is 0 Å². The molecule has 1 aliphatic rings. The Kier molecular flexibility index (Phi) is 0.703. The highest BCUT2D eigenvalue weighted by Gasteiger charge is 1.87. The summed E-state index contributed by atoms with van der Waals surface area (Å²) in [5.41, 5.74) is 0. The molecule has 1 unspecified atom stereocenters. The van der Waals surface area contributed by atoms with Crippen LogP contribution >= 0.6 is 0 Å². The van der Waals surface area contributed by atoms with Crippen LogP contribution in [0.15, 0.2) is 11.3 Å². The van der Waals surface area contributed by atoms with Crippen molar-refractivity contribution in [2.75, 3.05) is 0 Å². The van der Waals surface area contributed by atoms with Gasteiger partial charge in [0, 0.05) is 0 Å². The van der Waals surface area contributed by atoms with Crippen molar-refractivity contribution in [1.29, 1.82) is 0 Å². The molecule has 1 heterocycles. The molecule has 0 aromatic heterocycles. The van der Waals surface area contributed by atoms with Gasteiger partial charge in [0.25, 0.3) is 0 Å². The van der Waals surface area contributed by atoms with E-state index in [1.54, 1.807) is 0 Å². The van der Waals surface area contributed by atoms with Gasteiger partial charge in [0.1, 0.15) is 6.20 Å². The molecular weight excluding hydrogens is 80.0 g/mol. The van der Waals surface area contributed by atoms with E-state index in [2.05, 4.69) is 11.2 Å². The quantitative estimate of drug-likeness (QED) is 0.363. The third kappa shape index (κ3) is 0.451. The molecule has 0 aromatic carbocycles. The number of allylic oxidation sites excluding steroid dienone is 1. The molecule has 3 heteroatoms. The smallest absolute Gasteiger partial charge is 0.131 e. The van der Waals surface area contributed by atoms with Crippen molar-refractivity contribution in [2.45, 2.75) is 0 Å². The van der Waals surface area contributed by atoms with Crippen LogP contribution in [-0.4, -0.2) is 6.21 Å². The number of hydrogen-bond acceptors (Lipinski definition) is 2. The molecule has 3 nitrogen and oxygen atoms in total. The minimum Gasteiger partial charge on any atom is -0.601 e. The van der Waals surface area contributed by atoms with E-state index >= 15 is 0 Å². The Labute approximate surface area is 35.1 Å². The average Bonchev–Trinajstić information content (AvgIpc) is 1.86. The van der Waals surface area contributed by atoms with Crippen molar-refractivity contribution in [3.63, 3.8) is 0 Å². The fraction of sp³-hybridized carbons (Fsp3) is 0. The van der Waals surface area contributed by atoms with Gasteiger partial charge in [-0.05, 0) is 0 Å². The van der Waals surface area contributed by atoms with Crippen LogP contribution in [0.4, 0.5) is 0 Å². The minimum atomic E-state index is -0.213. The van der Waals surface area contributed by atoms with Gasteiger partial charge in [-0.2, -0.15) is 0 Å². The first-order valence-electron chi connectivity index (χ1n) is 1.55. The summed E-state index contributed by atoms with van der Waals surface area (Å²) in [6.07, 6.45) is 5.15. The Morgan fingerprint density at radius 1 is 1.83 bits per heavy atom. The summed E-state index contributed by atoms with van der Waals surface area (Å²) in [6.45, 7) is 0. The van der Waals surface area contributed by atoms with Gasteiger partial charge < -0.3 is 5.21 Å². The second-order valence-corrected chi connectivity index (χ2v) is 0.907. The largest absolute Gasteiger partial charge is 0.601 e. The molecule has 0 spiro atoms. The SMILES string of the molecule is [O-][NH+]1C=[C]C=N1. The lowest BCUT2D eigenvalue weighted by Crippen LogP contribution is -2.95. The van der Waals surface area contributed by atoms with Gasteiger partial charge in [-0.25, -0.2) is 5.17 Å². The Hall–Kier alpha value is -0.670. The maximum atomic E-state index is 9.93. The first-order valence-corrected chi connectivity index (χ1v) is 1.55. The first kappa shape index (κ1) is 3.52. The Bertz CT molecular complexity index is 85.0. The minimum absolute atomic E-state index is 0.213. The standard InChI is InChI=1S/C3H3N2O/c6-5-3-1-2-4-5/h2-3,5H. The molecule has 0 amide bonds. The third-order valence-corrected chi connectivity index (χ3v) is 0.473. The number of rotatable bonds is 0. The van der Waals surface area contributed by atoms with Crippen molar-refractivity contribution >= 4 is 6.21 Å². The van der Waals surface area contributed by atoms with Crippen LogP contribution in [0.3, 0.4) is 0 Å². The van der Waals surface area contributed by atoms with Gasteiger partial charge in [0.2, 0.25) is 0 Å². The maximum absolute atomic E-state index is 9.93. The number of hydroxylamine groups is 1. The number of quaternary nitrogens is 1. The van der Waals surface area contributed by atoms with Crippen molar-refractivity contribution < 1.29 is 5.17 Å². The molecule has 31 valence electrons. The van der Waals surface area contributed by atoms with E-state index in [0.717, 1.165) is 0 Å². The van der Waals surface area contributed by atoms with Gasteiger partial charge in [-0.15, -0.1) is 0 Å². The third-order valence-electron chi connectivity index (χ3n) is 0.473. The molecule has 1 rings (SSSR count). The van der Waals surface area contributed by atoms with Crippen LogP contribution in [-0.2, 0) is 0 Å². The zero-order valence-corrected chi connectivity index (χ0v) is 3.01. The zero-order valence-electron chi connectivity index (χ0n) is 3.01. The Morgan fingerprint density at radius 3 is 2.83 bits per heavy atom. The molecular formula is C3H3N2O. The summed E-state index contributed by atoms with van der Waals surface area (Å²) in [6, 6.07) is 0. The molecule has 0 saturated carbocycles. The average molecular weight is 83.1 g/mol. The van der Waals surface area contributed by atoms with Gasteiger partial charge >= 0.3 is 0 Å². The highest BCUT2D eigenvalue weighted by molar-refractivity contribution is 5.65. The summed E-state index contributed by atoms with van der Waals surface area (Å²) in [7, 11) is 0. The van der Waals surface area contributed by atoms with Crippen molar-refractivity contribution in [2.24, 2.45) is 5.10 Å². The lowest BCUT2D eigenvalue weighted by atomic mass is 10.7. The molecule has 6 heavy (non-hydrogen) atoms. The van der Waals surface area contributed by atoms with E-state index in [1.807, 2.05) is 0 Å². The summed E-state index contributed by atoms with van der Waals surface area (Å²) >= 11 is 0. The van der Waals surface area contributed by atoms with Gasteiger partial charge in [-0.3, -0.25) is 0 Å². The molecule has 0 bridgehead atoms. The zero-order chi connectivity index (χ0) is 4.41. The fourth-order valence-electron chi connectivity index (χ4n) is 0.247. The summed E-state index contributed by atoms with van der Waals surface area (Å²) < 4.78 is 0. The molecule has 1 N–H and O–H groups in total. The Balaban J connectivity index is 2.60. The molecule has 1 atom stereocenters. The van der Waals surface area contributed by atoms with E-state index in [-0.39, 0.29) is 5.17 Å². The van der Waals surface area contributed by atoms with Gasteiger partial charge in [-0.1, -0.05) is 5.10 Å². The van der Waals surface area contributed by atoms with Crippen molar-refractivity contribution in [1.82, 2.24) is 0 Å². The predicted molar refractivity (Wildman–Crippen MR) is 20.6 cm³/mol. The fourth-order valence-corrected chi connectivity index (χ4v) is 0.247. The lowest BCUT2D eigenvalue weighted by molar-refractivity contribution is -0.795. The van der Waals surface area contributed by atoms with Gasteiger partial charge in [0.05, 0.1) is 12.3 Å². The van der Waals surface area contributed by atoms with E-state index in [9.17, 15) is 5.21 Å². The second-order valence-electron chi connectivity index (χ2n) is 0.907. The molecule has 0 aromatic rings. The summed E-state index contributed by atoms with van der Waals surface area (Å²) in [5.74, 6) is 0. The van der Waals surface area contributed by atoms with Crippen LogP contribution in [0, 0.1) is 11.3 Å². The normalized spacial score (nSPS) is 29.2. The number of nitrogens with zero attached hydrogens (tertiary/aromatic N) is 1. The highest BCUT2D eigenvalue weighted by Crippen LogP contribution is 1.60. The molecule has 0 fully saturated rings. The van der Waals surface area contributed by atoms with E-state index in [0.29, 0.717) is 0 Å². The maximum Gasteiger partial charge on any atom is 0.131 e. The monoisotopic (exact) mass is 83.0 g/mol. The lowest BCUT2D eigenvalue weighted by Gasteiger charge is -2.00. The topological polar surface area (TPSA) is 39.9 Å². The summed E-state index contributed by atoms with van der Waals surface area (Å²) in [5, 5.41) is 13.0.